The van der Waals surface area contributed by atoms with Gasteiger partial charge in [-0.3, -0.25) is 0 Å². The smallest absolute Gasteiger partial charge is 0.245 e. The van der Waals surface area contributed by atoms with Crippen LogP contribution in [0, 0.1) is 6.92 Å². The summed E-state index contributed by atoms with van der Waals surface area (Å²) in [7, 11) is -2.01. The van der Waals surface area contributed by atoms with Crippen LogP contribution < -0.4 is 5.73 Å². The van der Waals surface area contributed by atoms with Crippen molar-refractivity contribution in [1.29, 1.82) is 0 Å². The molecule has 118 valence electrons. The Balaban J connectivity index is 2.35. The van der Waals surface area contributed by atoms with Gasteiger partial charge >= 0.3 is 0 Å². The van der Waals surface area contributed by atoms with E-state index in [4.69, 9.17) is 10.5 Å². The number of hydrogen-bond donors (Lipinski definition) is 1. The molecule has 0 saturated carbocycles. The molecule has 0 aliphatic carbocycles. The van der Waals surface area contributed by atoms with Crippen LogP contribution in [0.2, 0.25) is 0 Å². The first kappa shape index (κ1) is 16.6. The first-order chi connectivity index (χ1) is 9.96. The van der Waals surface area contributed by atoms with Crippen LogP contribution in [-0.2, 0) is 14.8 Å². The predicted molar refractivity (Wildman–Crippen MR) is 87.1 cm³/mol. The second kappa shape index (κ2) is 7.00. The molecule has 0 amide bonds. The molecule has 1 fully saturated rings. The SMILES string of the molecule is COCCN(C1CCSC1)S(=O)(=O)c1ccc(C)cc1N. The van der Waals surface area contributed by atoms with Crippen LogP contribution in [0.4, 0.5) is 5.69 Å². The monoisotopic (exact) mass is 330 g/mol. The molecule has 1 aromatic carbocycles. The summed E-state index contributed by atoms with van der Waals surface area (Å²) >= 11 is 1.78. The van der Waals surface area contributed by atoms with Crippen molar-refractivity contribution in [1.82, 2.24) is 4.31 Å². The van der Waals surface area contributed by atoms with Gasteiger partial charge in [0.1, 0.15) is 4.90 Å². The van der Waals surface area contributed by atoms with Gasteiger partial charge in [0.2, 0.25) is 10.0 Å². The molecular formula is C14H22N2O3S2. The number of ether oxygens (including phenoxy) is 1. The summed E-state index contributed by atoms with van der Waals surface area (Å²) in [6.07, 6.45) is 0.874. The lowest BCUT2D eigenvalue weighted by molar-refractivity contribution is 0.169. The molecule has 1 aromatic rings. The molecule has 1 aliphatic heterocycles. The van der Waals surface area contributed by atoms with Crippen molar-refractivity contribution >= 4 is 27.5 Å². The van der Waals surface area contributed by atoms with Crippen LogP contribution in [0.3, 0.4) is 0 Å². The maximum absolute atomic E-state index is 12.9. The summed E-state index contributed by atoms with van der Waals surface area (Å²) in [4.78, 5) is 0.195. The summed E-state index contributed by atoms with van der Waals surface area (Å²) in [5.74, 6) is 1.82. The van der Waals surface area contributed by atoms with Gasteiger partial charge < -0.3 is 10.5 Å². The Bertz CT molecular complexity index is 584. The fourth-order valence-corrected chi connectivity index (χ4v) is 5.51. The number of nitrogens with zero attached hydrogens (tertiary/aromatic N) is 1. The summed E-state index contributed by atoms with van der Waals surface area (Å²) in [5, 5.41) is 0. The van der Waals surface area contributed by atoms with E-state index in [0.717, 1.165) is 23.5 Å². The Morgan fingerprint density at radius 1 is 1.48 bits per heavy atom. The van der Waals surface area contributed by atoms with E-state index >= 15 is 0 Å². The minimum absolute atomic E-state index is 0.0239. The highest BCUT2D eigenvalue weighted by Gasteiger charge is 2.34. The fourth-order valence-electron chi connectivity index (χ4n) is 2.46. The lowest BCUT2D eigenvalue weighted by Gasteiger charge is -2.28. The molecule has 1 atom stereocenters. The Kier molecular flexibility index (Phi) is 5.54. The first-order valence-electron chi connectivity index (χ1n) is 6.91. The number of nitrogen functional groups attached to an aromatic ring is 1. The summed E-state index contributed by atoms with van der Waals surface area (Å²) in [5.41, 5.74) is 7.19. The van der Waals surface area contributed by atoms with Gasteiger partial charge in [-0.15, -0.1) is 0 Å². The van der Waals surface area contributed by atoms with Gasteiger partial charge in [-0.05, 0) is 36.8 Å². The summed E-state index contributed by atoms with van der Waals surface area (Å²) in [6.45, 7) is 2.63. The Labute approximate surface area is 130 Å². The van der Waals surface area contributed by atoms with E-state index in [2.05, 4.69) is 0 Å². The van der Waals surface area contributed by atoms with E-state index in [1.807, 2.05) is 6.92 Å². The van der Waals surface area contributed by atoms with Gasteiger partial charge in [-0.25, -0.2) is 8.42 Å². The normalized spacial score (nSPS) is 19.3. The standard InChI is InChI=1S/C14H22N2O3S2/c1-11-3-4-14(13(15)9-11)21(17,18)16(6-7-19-2)12-5-8-20-10-12/h3-4,9,12H,5-8,10,15H2,1-2H3. The van der Waals surface area contributed by atoms with Crippen LogP contribution >= 0.6 is 11.8 Å². The van der Waals surface area contributed by atoms with Crippen LogP contribution in [0.1, 0.15) is 12.0 Å². The van der Waals surface area contributed by atoms with Crippen molar-refractivity contribution in [3.05, 3.63) is 23.8 Å². The number of rotatable bonds is 6. The molecule has 0 radical (unpaired) electrons. The van der Waals surface area contributed by atoms with E-state index in [9.17, 15) is 8.42 Å². The highest BCUT2D eigenvalue weighted by Crippen LogP contribution is 2.30. The fraction of sp³-hybridized carbons (Fsp3) is 0.571. The number of hydrogen-bond acceptors (Lipinski definition) is 5. The molecule has 1 saturated heterocycles. The van der Waals surface area contributed by atoms with Gasteiger partial charge in [-0.2, -0.15) is 16.1 Å². The van der Waals surface area contributed by atoms with Gasteiger partial charge in [0.05, 0.1) is 12.3 Å². The minimum atomic E-state index is -3.59. The maximum Gasteiger partial charge on any atom is 0.245 e. The highest BCUT2D eigenvalue weighted by molar-refractivity contribution is 7.99. The average Bonchev–Trinajstić information content (AvgIpc) is 2.92. The zero-order valence-electron chi connectivity index (χ0n) is 12.4. The quantitative estimate of drug-likeness (QED) is 0.804. The largest absolute Gasteiger partial charge is 0.398 e. The van der Waals surface area contributed by atoms with E-state index < -0.39 is 10.0 Å². The number of sulfonamides is 1. The average molecular weight is 330 g/mol. The predicted octanol–water partition coefficient (Wildman–Crippen LogP) is 1.72. The van der Waals surface area contributed by atoms with Crippen molar-refractivity contribution in [2.75, 3.05) is 37.5 Å². The molecule has 5 nitrogen and oxygen atoms in total. The van der Waals surface area contributed by atoms with Crippen LogP contribution in [0.5, 0.6) is 0 Å². The second-order valence-electron chi connectivity index (χ2n) is 5.17. The van der Waals surface area contributed by atoms with Gasteiger partial charge in [0, 0.05) is 25.4 Å². The molecular weight excluding hydrogens is 308 g/mol. The number of thioether (sulfide) groups is 1. The zero-order valence-corrected chi connectivity index (χ0v) is 14.0. The Hall–Kier alpha value is -0.760. The molecule has 0 spiro atoms. The third kappa shape index (κ3) is 3.71. The molecule has 2 N–H and O–H groups in total. The summed E-state index contributed by atoms with van der Waals surface area (Å²) in [6, 6.07) is 5.10. The maximum atomic E-state index is 12.9. The van der Waals surface area contributed by atoms with Crippen molar-refractivity contribution < 1.29 is 13.2 Å². The third-order valence-corrected chi connectivity index (χ3v) is 6.75. The van der Waals surface area contributed by atoms with Crippen LogP contribution in [-0.4, -0.2) is 50.5 Å². The highest BCUT2D eigenvalue weighted by atomic mass is 32.2. The van der Waals surface area contributed by atoms with Gasteiger partial charge in [-0.1, -0.05) is 6.07 Å². The van der Waals surface area contributed by atoms with E-state index in [1.165, 1.54) is 0 Å². The van der Waals surface area contributed by atoms with Gasteiger partial charge in [0.25, 0.3) is 0 Å². The second-order valence-corrected chi connectivity index (χ2v) is 8.18. The topological polar surface area (TPSA) is 72.6 Å². The van der Waals surface area contributed by atoms with E-state index in [1.54, 1.807) is 41.4 Å². The van der Waals surface area contributed by atoms with E-state index in [-0.39, 0.29) is 10.9 Å². The number of nitrogens with two attached hydrogens (primary N) is 1. The number of aryl methyl sites for hydroxylation is 1. The molecule has 1 aliphatic rings. The number of methoxy groups -OCH3 is 1. The Morgan fingerprint density at radius 2 is 2.24 bits per heavy atom. The zero-order chi connectivity index (χ0) is 15.5. The van der Waals surface area contributed by atoms with E-state index in [0.29, 0.717) is 18.8 Å². The Morgan fingerprint density at radius 3 is 2.81 bits per heavy atom. The minimum Gasteiger partial charge on any atom is -0.398 e. The molecule has 2 rings (SSSR count). The molecule has 7 heteroatoms. The lowest BCUT2D eigenvalue weighted by atomic mass is 10.2. The molecule has 21 heavy (non-hydrogen) atoms. The van der Waals surface area contributed by atoms with Crippen molar-refractivity contribution in [3.63, 3.8) is 0 Å². The molecule has 1 unspecified atom stereocenters. The number of anilines is 1. The molecule has 0 aromatic heterocycles. The van der Waals surface area contributed by atoms with Gasteiger partial charge in [0.15, 0.2) is 0 Å². The number of benzene rings is 1. The van der Waals surface area contributed by atoms with Crippen LogP contribution in [0.25, 0.3) is 0 Å². The molecule has 1 heterocycles. The molecule has 0 bridgehead atoms. The third-order valence-electron chi connectivity index (χ3n) is 3.58. The van der Waals surface area contributed by atoms with Crippen molar-refractivity contribution in [3.8, 4) is 0 Å². The first-order valence-corrected chi connectivity index (χ1v) is 9.51. The van der Waals surface area contributed by atoms with Crippen molar-refractivity contribution in [2.45, 2.75) is 24.3 Å². The summed E-state index contributed by atoms with van der Waals surface area (Å²) < 4.78 is 32.5. The van der Waals surface area contributed by atoms with Crippen molar-refractivity contribution in [2.24, 2.45) is 0 Å². The lowest BCUT2D eigenvalue weighted by Crippen LogP contribution is -2.42. The van der Waals surface area contributed by atoms with Crippen LogP contribution in [0.15, 0.2) is 23.1 Å².